The lowest BCUT2D eigenvalue weighted by Gasteiger charge is -2.37. The second-order valence-electron chi connectivity index (χ2n) is 8.87. The summed E-state index contributed by atoms with van der Waals surface area (Å²) in [7, 11) is -1.64. The molecule has 2 atom stereocenters. The van der Waals surface area contributed by atoms with Gasteiger partial charge in [-0.1, -0.05) is 77.5 Å². The molecule has 140 valence electrons. The number of allylic oxidation sites excluding steroid dienone is 5. The van der Waals surface area contributed by atoms with Crippen molar-refractivity contribution >= 4 is 8.32 Å². The molecule has 0 N–H and O–H groups in total. The summed E-state index contributed by atoms with van der Waals surface area (Å²) in [5.41, 5.74) is 2.69. The van der Waals surface area contributed by atoms with Crippen molar-refractivity contribution in [1.82, 2.24) is 0 Å². The minimum Gasteiger partial charge on any atom is -0.417 e. The molecule has 0 radical (unpaired) electrons. The Morgan fingerprint density at radius 1 is 1.21 bits per heavy atom. The Morgan fingerprint density at radius 3 is 2.29 bits per heavy atom. The molecule has 0 aliphatic carbocycles. The van der Waals surface area contributed by atoms with Crippen LogP contribution in [-0.2, 0) is 4.43 Å². The van der Waals surface area contributed by atoms with Crippen LogP contribution < -0.4 is 0 Å². The highest BCUT2D eigenvalue weighted by molar-refractivity contribution is 6.74. The van der Waals surface area contributed by atoms with Crippen molar-refractivity contribution in [2.75, 3.05) is 6.61 Å². The quantitative estimate of drug-likeness (QED) is 0.225. The molecule has 0 saturated heterocycles. The van der Waals surface area contributed by atoms with Gasteiger partial charge in [0.2, 0.25) is 0 Å². The van der Waals surface area contributed by atoms with Crippen LogP contribution in [0.1, 0.15) is 67.7 Å². The first-order valence-electron chi connectivity index (χ1n) is 9.56. The average Bonchev–Trinajstić information content (AvgIpc) is 2.48. The standard InChI is InChI=1S/C22H42OSi/c1-11-18(2)13-12-14-19(3)15-16-20(4)21(5)17-23-24(9,10)22(6,7)8/h13,15-16,20-21H,3,11-12,14,17H2,1-2,4-10H3/b16-15+,18-13-/t20-,21+/m1/s1. The van der Waals surface area contributed by atoms with E-state index in [2.05, 4.69) is 86.4 Å². The first-order valence-corrected chi connectivity index (χ1v) is 12.5. The Labute approximate surface area is 153 Å². The van der Waals surface area contributed by atoms with Crippen LogP contribution in [-0.4, -0.2) is 14.9 Å². The topological polar surface area (TPSA) is 9.23 Å². The minimum atomic E-state index is -1.64. The van der Waals surface area contributed by atoms with E-state index in [9.17, 15) is 0 Å². The molecule has 0 unspecified atom stereocenters. The summed E-state index contributed by atoms with van der Waals surface area (Å²) in [6.07, 6.45) is 10.1. The second-order valence-corrected chi connectivity index (χ2v) is 13.7. The molecule has 0 heterocycles. The van der Waals surface area contributed by atoms with Crippen LogP contribution in [0.15, 0.2) is 36.0 Å². The lowest BCUT2D eigenvalue weighted by atomic mass is 9.95. The monoisotopic (exact) mass is 350 g/mol. The van der Waals surface area contributed by atoms with E-state index in [0.717, 1.165) is 25.9 Å². The lowest BCUT2D eigenvalue weighted by molar-refractivity contribution is 0.214. The van der Waals surface area contributed by atoms with Crippen LogP contribution in [0.3, 0.4) is 0 Å². The third-order valence-electron chi connectivity index (χ3n) is 5.56. The summed E-state index contributed by atoms with van der Waals surface area (Å²) < 4.78 is 6.36. The summed E-state index contributed by atoms with van der Waals surface area (Å²) in [5.74, 6) is 1.05. The Kier molecular flexibility index (Phi) is 10.1. The Balaban J connectivity index is 4.35. The minimum absolute atomic E-state index is 0.282. The molecule has 0 fully saturated rings. The first-order chi connectivity index (χ1) is 10.9. The molecular weight excluding hydrogens is 308 g/mol. The van der Waals surface area contributed by atoms with Gasteiger partial charge in [-0.05, 0) is 56.2 Å². The Bertz CT molecular complexity index is 437. The van der Waals surface area contributed by atoms with Gasteiger partial charge in [0.05, 0.1) is 0 Å². The van der Waals surface area contributed by atoms with E-state index in [1.54, 1.807) is 0 Å². The van der Waals surface area contributed by atoms with Crippen molar-refractivity contribution in [3.05, 3.63) is 36.0 Å². The van der Waals surface area contributed by atoms with Crippen LogP contribution in [0.25, 0.3) is 0 Å². The fraction of sp³-hybridized carbons (Fsp3) is 0.727. The van der Waals surface area contributed by atoms with Gasteiger partial charge in [0, 0.05) is 6.61 Å². The maximum absolute atomic E-state index is 6.36. The highest BCUT2D eigenvalue weighted by Crippen LogP contribution is 2.37. The maximum Gasteiger partial charge on any atom is 0.191 e. The smallest absolute Gasteiger partial charge is 0.191 e. The first kappa shape index (κ1) is 23.4. The Hall–Kier alpha value is -0.603. The molecule has 0 aromatic rings. The molecule has 2 heteroatoms. The van der Waals surface area contributed by atoms with Gasteiger partial charge in [-0.2, -0.15) is 0 Å². The number of hydrogen-bond donors (Lipinski definition) is 0. The van der Waals surface area contributed by atoms with Crippen molar-refractivity contribution in [3.8, 4) is 0 Å². The fourth-order valence-electron chi connectivity index (χ4n) is 1.92. The van der Waals surface area contributed by atoms with Gasteiger partial charge in [-0.3, -0.25) is 0 Å². The normalized spacial score (nSPS) is 16.5. The maximum atomic E-state index is 6.36. The highest BCUT2D eigenvalue weighted by Gasteiger charge is 2.37. The summed E-state index contributed by atoms with van der Waals surface area (Å²) >= 11 is 0. The molecule has 0 bridgehead atoms. The molecule has 0 amide bonds. The van der Waals surface area contributed by atoms with Gasteiger partial charge < -0.3 is 4.43 Å². The van der Waals surface area contributed by atoms with Gasteiger partial charge >= 0.3 is 0 Å². The van der Waals surface area contributed by atoms with E-state index in [4.69, 9.17) is 4.43 Å². The van der Waals surface area contributed by atoms with E-state index in [1.165, 1.54) is 11.1 Å². The molecule has 24 heavy (non-hydrogen) atoms. The van der Waals surface area contributed by atoms with Gasteiger partial charge in [-0.25, -0.2) is 0 Å². The third kappa shape index (κ3) is 9.03. The molecule has 0 aliphatic heterocycles. The van der Waals surface area contributed by atoms with Crippen molar-refractivity contribution in [2.24, 2.45) is 11.8 Å². The van der Waals surface area contributed by atoms with Crippen molar-refractivity contribution < 1.29 is 4.43 Å². The highest BCUT2D eigenvalue weighted by atomic mass is 28.4. The zero-order valence-corrected chi connectivity index (χ0v) is 18.8. The molecular formula is C22H42OSi. The van der Waals surface area contributed by atoms with Crippen molar-refractivity contribution in [3.63, 3.8) is 0 Å². The largest absolute Gasteiger partial charge is 0.417 e. The molecule has 1 nitrogen and oxygen atoms in total. The number of hydrogen-bond acceptors (Lipinski definition) is 1. The summed E-state index contributed by atoms with van der Waals surface area (Å²) in [5, 5.41) is 0.282. The van der Waals surface area contributed by atoms with Crippen LogP contribution in [0, 0.1) is 11.8 Å². The van der Waals surface area contributed by atoms with Crippen LogP contribution in [0.5, 0.6) is 0 Å². The second kappa shape index (κ2) is 10.4. The molecule has 0 saturated carbocycles. The van der Waals surface area contributed by atoms with Gasteiger partial charge in [-0.15, -0.1) is 0 Å². The zero-order valence-electron chi connectivity index (χ0n) is 17.8. The predicted octanol–water partition coefficient (Wildman–Crippen LogP) is 7.53. The number of rotatable bonds is 10. The third-order valence-corrected chi connectivity index (χ3v) is 10.1. The van der Waals surface area contributed by atoms with Crippen LogP contribution >= 0.6 is 0 Å². The van der Waals surface area contributed by atoms with E-state index < -0.39 is 8.32 Å². The van der Waals surface area contributed by atoms with E-state index in [1.807, 2.05) is 0 Å². The van der Waals surface area contributed by atoms with Crippen molar-refractivity contribution in [1.29, 1.82) is 0 Å². The van der Waals surface area contributed by atoms with Gasteiger partial charge in [0.15, 0.2) is 8.32 Å². The van der Waals surface area contributed by atoms with Gasteiger partial charge in [0.25, 0.3) is 0 Å². The van der Waals surface area contributed by atoms with E-state index in [0.29, 0.717) is 11.8 Å². The summed E-state index contributed by atoms with van der Waals surface area (Å²) in [6, 6.07) is 0. The van der Waals surface area contributed by atoms with Crippen molar-refractivity contribution in [2.45, 2.75) is 85.9 Å². The molecule has 0 aromatic heterocycles. The van der Waals surface area contributed by atoms with E-state index >= 15 is 0 Å². The zero-order chi connectivity index (χ0) is 19.0. The average molecular weight is 351 g/mol. The summed E-state index contributed by atoms with van der Waals surface area (Å²) in [6.45, 7) is 25.6. The molecule has 0 aromatic carbocycles. The molecule has 0 spiro atoms. The van der Waals surface area contributed by atoms with Crippen LogP contribution in [0.4, 0.5) is 0 Å². The lowest BCUT2D eigenvalue weighted by Crippen LogP contribution is -2.42. The van der Waals surface area contributed by atoms with E-state index in [-0.39, 0.29) is 5.04 Å². The predicted molar refractivity (Wildman–Crippen MR) is 113 cm³/mol. The molecule has 0 aliphatic rings. The fourth-order valence-corrected chi connectivity index (χ4v) is 3.03. The summed E-state index contributed by atoms with van der Waals surface area (Å²) in [4.78, 5) is 0. The van der Waals surface area contributed by atoms with Crippen LogP contribution in [0.2, 0.25) is 18.1 Å². The molecule has 0 rings (SSSR count). The SMILES string of the molecule is C=C(/C=C/[C@@H](C)[C@@H](C)CO[Si](C)(C)C(C)(C)C)CC/C=C(/C)CC. The van der Waals surface area contributed by atoms with Gasteiger partial charge in [0.1, 0.15) is 0 Å². The Morgan fingerprint density at radius 2 is 1.79 bits per heavy atom.